The number of hydrogen-bond acceptors (Lipinski definition) is 11. The second-order valence-electron chi connectivity index (χ2n) is 13.6. The van der Waals surface area contributed by atoms with Crippen molar-refractivity contribution in [1.29, 1.82) is 0 Å². The number of nitrogens with two attached hydrogens (primary N) is 3. The van der Waals surface area contributed by atoms with Gasteiger partial charge in [0.05, 0.1) is 12.4 Å². The van der Waals surface area contributed by atoms with E-state index in [0.29, 0.717) is 42.8 Å². The smallest absolute Gasteiger partial charge is 0.326 e. The molecule has 2 aromatic rings. The first kappa shape index (κ1) is 47.1. The van der Waals surface area contributed by atoms with Crippen molar-refractivity contribution >= 4 is 53.2 Å². The molecule has 310 valence electrons. The summed E-state index contributed by atoms with van der Waals surface area (Å²) >= 11 is 1.43. The molecule has 56 heavy (non-hydrogen) atoms. The number of primary amides is 1. The Labute approximate surface area is 331 Å². The van der Waals surface area contributed by atoms with E-state index in [1.165, 1.54) is 24.3 Å². The lowest BCUT2D eigenvalue weighted by Gasteiger charge is -2.29. The van der Waals surface area contributed by atoms with Gasteiger partial charge in [0.25, 0.3) is 0 Å². The van der Waals surface area contributed by atoms with Gasteiger partial charge < -0.3 is 53.9 Å². The van der Waals surface area contributed by atoms with Crippen molar-refractivity contribution in [1.82, 2.24) is 36.6 Å². The maximum absolute atomic E-state index is 13.9. The van der Waals surface area contributed by atoms with Gasteiger partial charge in [-0.2, -0.15) is 11.8 Å². The first-order chi connectivity index (χ1) is 26.7. The Kier molecular flexibility index (Phi) is 21.2. The number of benzene rings is 1. The van der Waals surface area contributed by atoms with Crippen LogP contribution in [0.1, 0.15) is 70.1 Å². The first-order valence-corrected chi connectivity index (χ1v) is 20.1. The third-order valence-corrected chi connectivity index (χ3v) is 9.80. The maximum atomic E-state index is 13.9. The van der Waals surface area contributed by atoms with Crippen LogP contribution in [-0.2, 0) is 46.4 Å². The van der Waals surface area contributed by atoms with Gasteiger partial charge in [-0.05, 0) is 62.1 Å². The van der Waals surface area contributed by atoms with Gasteiger partial charge in [-0.25, -0.2) is 9.78 Å². The standard InChI is InChI=1S/C37H58N10O8S/c1-4-22(2)31(36(53)46-29(37(54)55)18-23-10-6-5-7-11-23)47-35(52)28(15-17-56-3)45-33(50)26(12-8-9-16-38)44-34(51)27(13-14-30(40)48)43-32(49)25(39)19-24-20-41-21-42-24/h5-7,10-11,20-22,25-29,31H,4,8-9,12-19,38-39H2,1-3H3,(H2,40,48)(H,41,42)(H,43,49)(H,44,51)(H,45,50)(H,46,53)(H,47,52)(H,54,55)/t22-,25-,26-,27-,28-,29-,31-/m0/s1. The summed E-state index contributed by atoms with van der Waals surface area (Å²) in [5.74, 6) is -5.44. The molecule has 1 heterocycles. The van der Waals surface area contributed by atoms with Gasteiger partial charge in [-0.1, -0.05) is 50.6 Å². The highest BCUT2D eigenvalue weighted by molar-refractivity contribution is 7.98. The summed E-state index contributed by atoms with van der Waals surface area (Å²) in [7, 11) is 0. The largest absolute Gasteiger partial charge is 0.480 e. The van der Waals surface area contributed by atoms with Crippen molar-refractivity contribution in [3.63, 3.8) is 0 Å². The summed E-state index contributed by atoms with van der Waals surface area (Å²) in [5, 5.41) is 23.1. The predicted octanol–water partition coefficient (Wildman–Crippen LogP) is -0.776. The highest BCUT2D eigenvalue weighted by atomic mass is 32.2. The molecule has 1 aromatic carbocycles. The minimum absolute atomic E-state index is 0.0256. The Balaban J connectivity index is 2.27. The molecule has 6 amide bonds. The van der Waals surface area contributed by atoms with Crippen LogP contribution in [0, 0.1) is 5.92 Å². The van der Waals surface area contributed by atoms with Gasteiger partial charge in [0.15, 0.2) is 0 Å². The third-order valence-electron chi connectivity index (χ3n) is 9.16. The van der Waals surface area contributed by atoms with Gasteiger partial charge in [-0.3, -0.25) is 28.8 Å². The molecule has 0 fully saturated rings. The zero-order chi connectivity index (χ0) is 41.6. The third kappa shape index (κ3) is 16.8. The number of hydrogen-bond donors (Lipinski definition) is 10. The highest BCUT2D eigenvalue weighted by Crippen LogP contribution is 2.13. The number of aromatic nitrogens is 2. The molecule has 0 radical (unpaired) electrons. The Morgan fingerprint density at radius 3 is 1.95 bits per heavy atom. The number of imidazole rings is 1. The number of carboxylic acids is 1. The Hall–Kier alpha value is -5.01. The number of carbonyl (C=O) groups excluding carboxylic acids is 6. The summed E-state index contributed by atoms with van der Waals surface area (Å²) < 4.78 is 0. The molecule has 13 N–H and O–H groups in total. The average molecular weight is 803 g/mol. The lowest BCUT2D eigenvalue weighted by atomic mass is 9.96. The van der Waals surface area contributed by atoms with Crippen LogP contribution in [0.25, 0.3) is 0 Å². The monoisotopic (exact) mass is 802 g/mol. The molecule has 0 saturated heterocycles. The van der Waals surface area contributed by atoms with E-state index in [1.54, 1.807) is 37.3 Å². The van der Waals surface area contributed by atoms with Gasteiger partial charge in [0, 0.05) is 31.2 Å². The van der Waals surface area contributed by atoms with Gasteiger partial charge in [0.1, 0.15) is 30.2 Å². The zero-order valence-electron chi connectivity index (χ0n) is 32.3. The van der Waals surface area contributed by atoms with Crippen LogP contribution in [0.15, 0.2) is 42.9 Å². The van der Waals surface area contributed by atoms with E-state index in [-0.39, 0.29) is 38.5 Å². The summed E-state index contributed by atoms with van der Waals surface area (Å²) in [4.78, 5) is 98.4. The minimum atomic E-state index is -1.28. The summed E-state index contributed by atoms with van der Waals surface area (Å²) in [6, 6.07) is 1.73. The molecule has 7 atom stereocenters. The van der Waals surface area contributed by atoms with E-state index in [1.807, 2.05) is 13.2 Å². The molecule has 0 unspecified atom stereocenters. The quantitative estimate of drug-likeness (QED) is 0.0498. The van der Waals surface area contributed by atoms with Crippen LogP contribution in [0.5, 0.6) is 0 Å². The van der Waals surface area contributed by atoms with Crippen LogP contribution < -0.4 is 43.8 Å². The fourth-order valence-electron chi connectivity index (χ4n) is 5.64. The van der Waals surface area contributed by atoms with Crippen LogP contribution in [0.2, 0.25) is 0 Å². The fourth-order valence-corrected chi connectivity index (χ4v) is 6.11. The molecular weight excluding hydrogens is 745 g/mol. The lowest BCUT2D eigenvalue weighted by molar-refractivity contribution is -0.142. The number of aliphatic carboxylic acids is 1. The summed E-state index contributed by atoms with van der Waals surface area (Å²) in [6.07, 6.45) is 6.14. The summed E-state index contributed by atoms with van der Waals surface area (Å²) in [6.45, 7) is 3.89. The first-order valence-electron chi connectivity index (χ1n) is 18.7. The number of nitrogens with one attached hydrogen (secondary N) is 6. The van der Waals surface area contributed by atoms with E-state index in [4.69, 9.17) is 17.2 Å². The zero-order valence-corrected chi connectivity index (χ0v) is 33.1. The van der Waals surface area contributed by atoms with E-state index < -0.39 is 83.6 Å². The number of rotatable bonds is 27. The van der Waals surface area contributed by atoms with Crippen LogP contribution in [0.4, 0.5) is 0 Å². The number of carboxylic acid groups (broad SMARTS) is 1. The Morgan fingerprint density at radius 2 is 1.39 bits per heavy atom. The normalized spacial score (nSPS) is 14.8. The van der Waals surface area contributed by atoms with Crippen molar-refractivity contribution in [2.75, 3.05) is 18.6 Å². The van der Waals surface area contributed by atoms with Crippen LogP contribution in [0.3, 0.4) is 0 Å². The van der Waals surface area contributed by atoms with Crippen LogP contribution in [-0.4, -0.2) is 111 Å². The molecule has 0 aliphatic rings. The molecule has 0 aliphatic carbocycles. The number of carbonyl (C=O) groups is 7. The average Bonchev–Trinajstić information content (AvgIpc) is 3.69. The highest BCUT2D eigenvalue weighted by Gasteiger charge is 2.34. The van der Waals surface area contributed by atoms with E-state index in [0.717, 1.165) is 0 Å². The molecule has 19 heteroatoms. The predicted molar refractivity (Wildman–Crippen MR) is 211 cm³/mol. The number of amides is 6. The van der Waals surface area contributed by atoms with E-state index in [2.05, 4.69) is 36.6 Å². The van der Waals surface area contributed by atoms with Gasteiger partial charge in [0.2, 0.25) is 35.4 Å². The van der Waals surface area contributed by atoms with E-state index in [9.17, 15) is 38.7 Å². The Bertz CT molecular complexity index is 1570. The van der Waals surface area contributed by atoms with Crippen molar-refractivity contribution in [2.45, 2.75) is 108 Å². The molecule has 0 bridgehead atoms. The SMILES string of the molecule is CC[C@H](C)[C@H](NC(=O)[C@H](CCSC)NC(=O)[C@H](CCCCN)NC(=O)[C@H](CCC(N)=O)NC(=O)[C@@H](N)Cc1cnc[nH]1)C(=O)N[C@@H](Cc1ccccc1)C(=O)O. The molecule has 0 saturated carbocycles. The van der Waals surface area contributed by atoms with Crippen molar-refractivity contribution < 1.29 is 38.7 Å². The van der Waals surface area contributed by atoms with Crippen LogP contribution >= 0.6 is 11.8 Å². The maximum Gasteiger partial charge on any atom is 0.326 e. The number of aromatic amines is 1. The second kappa shape index (κ2) is 25.2. The minimum Gasteiger partial charge on any atom is -0.480 e. The number of thioether (sulfide) groups is 1. The summed E-state index contributed by atoms with van der Waals surface area (Å²) in [5.41, 5.74) is 18.4. The molecule has 0 aliphatic heterocycles. The number of unbranched alkanes of at least 4 members (excludes halogenated alkanes) is 1. The van der Waals surface area contributed by atoms with Crippen molar-refractivity contribution in [3.8, 4) is 0 Å². The molecular formula is C37H58N10O8S. The number of H-pyrrole nitrogens is 1. The molecule has 0 spiro atoms. The van der Waals surface area contributed by atoms with Crippen molar-refractivity contribution in [3.05, 3.63) is 54.1 Å². The van der Waals surface area contributed by atoms with Gasteiger partial charge in [-0.15, -0.1) is 0 Å². The second-order valence-corrected chi connectivity index (χ2v) is 14.6. The molecule has 2 rings (SSSR count). The molecule has 1 aromatic heterocycles. The number of nitrogens with zero attached hydrogens (tertiary/aromatic N) is 1. The molecule has 18 nitrogen and oxygen atoms in total. The Morgan fingerprint density at radius 1 is 0.804 bits per heavy atom. The lowest BCUT2D eigenvalue weighted by Crippen LogP contribution is -2.60. The fraction of sp³-hybridized carbons (Fsp3) is 0.568. The van der Waals surface area contributed by atoms with Gasteiger partial charge >= 0.3 is 5.97 Å². The van der Waals surface area contributed by atoms with Crippen molar-refractivity contribution in [2.24, 2.45) is 23.1 Å². The topological polar surface area (TPSA) is 307 Å². The van der Waals surface area contributed by atoms with E-state index >= 15 is 0 Å².